The molecule has 2 aromatic heterocycles. The minimum atomic E-state index is -0.162. The largest absolute Gasteiger partial charge is 0.311 e. The van der Waals surface area contributed by atoms with E-state index < -0.39 is 0 Å². The fourth-order valence-corrected chi connectivity index (χ4v) is 1.70. The third-order valence-electron chi connectivity index (χ3n) is 1.79. The first-order valence-corrected chi connectivity index (χ1v) is 4.63. The van der Waals surface area contributed by atoms with E-state index in [1.165, 1.54) is 6.33 Å². The van der Waals surface area contributed by atoms with Crippen LogP contribution in [0.3, 0.4) is 0 Å². The van der Waals surface area contributed by atoms with Crippen LogP contribution < -0.4 is 5.56 Å². The van der Waals surface area contributed by atoms with Gasteiger partial charge in [0.05, 0.1) is 6.33 Å². The van der Waals surface area contributed by atoms with E-state index in [0.717, 1.165) is 0 Å². The highest BCUT2D eigenvalue weighted by molar-refractivity contribution is 9.10. The maximum atomic E-state index is 11.4. The number of aryl methyl sites for hydroxylation is 1. The highest BCUT2D eigenvalue weighted by Crippen LogP contribution is 2.16. The highest BCUT2D eigenvalue weighted by Gasteiger charge is 2.10. The Morgan fingerprint density at radius 2 is 2.46 bits per heavy atom. The molecule has 0 saturated heterocycles. The van der Waals surface area contributed by atoms with Gasteiger partial charge in [0, 0.05) is 6.54 Å². The van der Waals surface area contributed by atoms with Crippen molar-refractivity contribution in [1.29, 1.82) is 0 Å². The molecule has 2 aromatic rings. The van der Waals surface area contributed by atoms with E-state index in [1.807, 2.05) is 6.92 Å². The minimum Gasteiger partial charge on any atom is -0.311 e. The molecular formula is C7H7BrN4O. The van der Waals surface area contributed by atoms with E-state index in [-0.39, 0.29) is 5.56 Å². The molecule has 0 aliphatic rings. The maximum Gasteiger partial charge on any atom is 0.276 e. The number of halogens is 1. The lowest BCUT2D eigenvalue weighted by Crippen LogP contribution is -2.11. The van der Waals surface area contributed by atoms with Crippen molar-refractivity contribution >= 4 is 27.0 Å². The molecule has 0 saturated carbocycles. The van der Waals surface area contributed by atoms with E-state index in [9.17, 15) is 4.79 Å². The second-order valence-corrected chi connectivity index (χ2v) is 3.29. The zero-order valence-electron chi connectivity index (χ0n) is 6.91. The Morgan fingerprint density at radius 1 is 1.69 bits per heavy atom. The monoisotopic (exact) mass is 242 g/mol. The number of nitrogens with one attached hydrogen (secondary N) is 1. The fourth-order valence-electron chi connectivity index (χ4n) is 1.22. The summed E-state index contributed by atoms with van der Waals surface area (Å²) < 4.78 is 2.22. The molecule has 2 heterocycles. The van der Waals surface area contributed by atoms with E-state index in [2.05, 4.69) is 31.0 Å². The number of fused-ring (bicyclic) bond motifs is 1. The summed E-state index contributed by atoms with van der Waals surface area (Å²) in [6.45, 7) is 2.57. The molecule has 0 amide bonds. The quantitative estimate of drug-likeness (QED) is 0.809. The van der Waals surface area contributed by atoms with Crippen molar-refractivity contribution in [3.63, 3.8) is 0 Å². The van der Waals surface area contributed by atoms with Gasteiger partial charge in [0.15, 0.2) is 10.1 Å². The van der Waals surface area contributed by atoms with Gasteiger partial charge in [-0.05, 0) is 22.9 Å². The second kappa shape index (κ2) is 2.95. The average Bonchev–Trinajstić information content (AvgIpc) is 2.45. The molecule has 5 nitrogen and oxygen atoms in total. The summed E-state index contributed by atoms with van der Waals surface area (Å²) in [4.78, 5) is 17.9. The van der Waals surface area contributed by atoms with Crippen LogP contribution in [0.5, 0.6) is 0 Å². The zero-order chi connectivity index (χ0) is 9.42. The molecule has 0 radical (unpaired) electrons. The van der Waals surface area contributed by atoms with Crippen molar-refractivity contribution in [3.05, 3.63) is 21.3 Å². The second-order valence-electron chi connectivity index (χ2n) is 2.54. The molecule has 0 spiro atoms. The Bertz CT molecular complexity index is 501. The van der Waals surface area contributed by atoms with Gasteiger partial charge in [0.2, 0.25) is 0 Å². The van der Waals surface area contributed by atoms with Crippen molar-refractivity contribution in [2.75, 3.05) is 0 Å². The molecule has 1 N–H and O–H groups in total. The van der Waals surface area contributed by atoms with Crippen molar-refractivity contribution in [2.45, 2.75) is 13.5 Å². The van der Waals surface area contributed by atoms with Gasteiger partial charge in [-0.15, -0.1) is 0 Å². The van der Waals surface area contributed by atoms with Crippen LogP contribution in [0.2, 0.25) is 0 Å². The lowest BCUT2D eigenvalue weighted by Gasteiger charge is -1.94. The van der Waals surface area contributed by atoms with Crippen LogP contribution in [0.4, 0.5) is 0 Å². The number of rotatable bonds is 1. The number of nitrogens with zero attached hydrogens (tertiary/aromatic N) is 3. The van der Waals surface area contributed by atoms with Gasteiger partial charge in [-0.1, -0.05) is 0 Å². The van der Waals surface area contributed by atoms with Gasteiger partial charge in [-0.2, -0.15) is 5.10 Å². The minimum absolute atomic E-state index is 0.162. The fraction of sp³-hybridized carbons (Fsp3) is 0.286. The molecule has 0 atom stereocenters. The Kier molecular flexibility index (Phi) is 1.91. The van der Waals surface area contributed by atoms with Gasteiger partial charge in [0.25, 0.3) is 5.56 Å². The SMILES string of the molecule is CCn1nc(Br)c2nc[nH]c(=O)c21. The Hall–Kier alpha value is -1.17. The normalized spacial score (nSPS) is 10.9. The summed E-state index contributed by atoms with van der Waals surface area (Å²) in [6.07, 6.45) is 1.37. The van der Waals surface area contributed by atoms with Crippen molar-refractivity contribution in [1.82, 2.24) is 19.7 Å². The third-order valence-corrected chi connectivity index (χ3v) is 2.32. The van der Waals surface area contributed by atoms with Crippen LogP contribution in [-0.4, -0.2) is 19.7 Å². The first-order chi connectivity index (χ1) is 6.24. The molecule has 0 aliphatic heterocycles. The number of aromatic amines is 1. The van der Waals surface area contributed by atoms with Gasteiger partial charge in [0.1, 0.15) is 5.52 Å². The smallest absolute Gasteiger partial charge is 0.276 e. The van der Waals surface area contributed by atoms with Crippen LogP contribution in [0.25, 0.3) is 11.0 Å². The third kappa shape index (κ3) is 1.17. The summed E-state index contributed by atoms with van der Waals surface area (Å²) >= 11 is 3.25. The molecule has 68 valence electrons. The van der Waals surface area contributed by atoms with Crippen molar-refractivity contribution in [2.24, 2.45) is 0 Å². The lowest BCUT2D eigenvalue weighted by molar-refractivity contribution is 0.675. The first kappa shape index (κ1) is 8.43. The van der Waals surface area contributed by atoms with Gasteiger partial charge in [-0.3, -0.25) is 9.48 Å². The summed E-state index contributed by atoms with van der Waals surface area (Å²) in [6, 6.07) is 0. The Balaban J connectivity index is 2.97. The molecule has 0 fully saturated rings. The van der Waals surface area contributed by atoms with E-state index in [1.54, 1.807) is 4.68 Å². The van der Waals surface area contributed by atoms with Crippen molar-refractivity contribution < 1.29 is 0 Å². The number of aromatic nitrogens is 4. The van der Waals surface area contributed by atoms with E-state index in [4.69, 9.17) is 0 Å². The molecule has 6 heteroatoms. The molecule has 0 aliphatic carbocycles. The Labute approximate surface area is 81.9 Å². The maximum absolute atomic E-state index is 11.4. The van der Waals surface area contributed by atoms with Crippen LogP contribution >= 0.6 is 15.9 Å². The topological polar surface area (TPSA) is 63.6 Å². The summed E-state index contributed by atoms with van der Waals surface area (Å²) in [7, 11) is 0. The zero-order valence-corrected chi connectivity index (χ0v) is 8.50. The predicted molar refractivity (Wildman–Crippen MR) is 51.5 cm³/mol. The van der Waals surface area contributed by atoms with E-state index >= 15 is 0 Å². The standard InChI is InChI=1S/C7H7BrN4O/c1-2-12-5-4(6(8)11-12)9-3-10-7(5)13/h3H,2H2,1H3,(H,9,10,13). The van der Waals surface area contributed by atoms with Gasteiger partial charge < -0.3 is 4.98 Å². The molecule has 0 unspecified atom stereocenters. The molecule has 2 rings (SSSR count). The number of hydrogen-bond donors (Lipinski definition) is 1. The van der Waals surface area contributed by atoms with Crippen LogP contribution in [0, 0.1) is 0 Å². The molecule has 13 heavy (non-hydrogen) atoms. The Morgan fingerprint density at radius 3 is 3.15 bits per heavy atom. The molecule has 0 bridgehead atoms. The van der Waals surface area contributed by atoms with Crippen LogP contribution in [0.15, 0.2) is 15.7 Å². The lowest BCUT2D eigenvalue weighted by atomic mass is 10.4. The predicted octanol–water partition coefficient (Wildman–Crippen LogP) is 0.902. The number of hydrogen-bond acceptors (Lipinski definition) is 3. The van der Waals surface area contributed by atoms with Crippen LogP contribution in [-0.2, 0) is 6.54 Å². The van der Waals surface area contributed by atoms with Gasteiger partial charge >= 0.3 is 0 Å². The average molecular weight is 243 g/mol. The molecular weight excluding hydrogens is 236 g/mol. The highest BCUT2D eigenvalue weighted by atomic mass is 79.9. The summed E-state index contributed by atoms with van der Waals surface area (Å²) in [5.41, 5.74) is 0.951. The van der Waals surface area contributed by atoms with E-state index in [0.29, 0.717) is 22.2 Å². The summed E-state index contributed by atoms with van der Waals surface area (Å²) in [5, 5.41) is 4.12. The number of H-pyrrole nitrogens is 1. The molecule has 0 aromatic carbocycles. The van der Waals surface area contributed by atoms with Crippen molar-refractivity contribution in [3.8, 4) is 0 Å². The summed E-state index contributed by atoms with van der Waals surface area (Å²) in [5.74, 6) is 0. The van der Waals surface area contributed by atoms with Crippen LogP contribution in [0.1, 0.15) is 6.92 Å². The first-order valence-electron chi connectivity index (χ1n) is 3.83. The van der Waals surface area contributed by atoms with Gasteiger partial charge in [-0.25, -0.2) is 4.98 Å².